The van der Waals surface area contributed by atoms with Gasteiger partial charge < -0.3 is 19.3 Å². The van der Waals surface area contributed by atoms with Crippen LogP contribution >= 0.6 is 0 Å². The Morgan fingerprint density at radius 3 is 2.37 bits per heavy atom. The summed E-state index contributed by atoms with van der Waals surface area (Å²) in [5.74, 6) is 0.0397. The number of halogens is 1. The second kappa shape index (κ2) is 12.9. The SMILES string of the molecule is CC[C@H](CC(=O)O)c1cccc(OCc2ccc(-c3cc(OC)ccc3F)c([C@@H](OC)C(C)(C)CC)c2)c1. The van der Waals surface area contributed by atoms with Crippen LogP contribution in [-0.2, 0) is 16.1 Å². The van der Waals surface area contributed by atoms with Gasteiger partial charge in [-0.1, -0.05) is 52.0 Å². The molecule has 0 saturated carbocycles. The Bertz CT molecular complexity index is 1240. The average molecular weight is 523 g/mol. The molecule has 0 aliphatic heterocycles. The van der Waals surface area contributed by atoms with Crippen LogP contribution in [0.3, 0.4) is 0 Å². The summed E-state index contributed by atoms with van der Waals surface area (Å²) >= 11 is 0. The number of rotatable bonds is 13. The summed E-state index contributed by atoms with van der Waals surface area (Å²) < 4.78 is 32.6. The van der Waals surface area contributed by atoms with Crippen molar-refractivity contribution in [3.05, 3.63) is 83.2 Å². The van der Waals surface area contributed by atoms with Crippen molar-refractivity contribution in [2.24, 2.45) is 5.41 Å². The molecule has 0 aliphatic carbocycles. The molecule has 3 rings (SSSR count). The van der Waals surface area contributed by atoms with Crippen LogP contribution in [0.2, 0.25) is 0 Å². The quantitative estimate of drug-likeness (QED) is 0.245. The summed E-state index contributed by atoms with van der Waals surface area (Å²) in [5.41, 5.74) is 3.75. The van der Waals surface area contributed by atoms with Gasteiger partial charge in [0.2, 0.25) is 0 Å². The molecule has 0 bridgehead atoms. The van der Waals surface area contributed by atoms with Gasteiger partial charge in [-0.2, -0.15) is 0 Å². The van der Waals surface area contributed by atoms with E-state index in [9.17, 15) is 9.90 Å². The van der Waals surface area contributed by atoms with E-state index < -0.39 is 5.97 Å². The molecular formula is C32H39FO5. The van der Waals surface area contributed by atoms with E-state index in [-0.39, 0.29) is 29.7 Å². The van der Waals surface area contributed by atoms with Crippen LogP contribution in [0.5, 0.6) is 11.5 Å². The molecule has 5 nitrogen and oxygen atoms in total. The molecular weight excluding hydrogens is 483 g/mol. The van der Waals surface area contributed by atoms with Crippen LogP contribution in [0.1, 0.15) is 75.7 Å². The molecule has 2 atom stereocenters. The van der Waals surface area contributed by atoms with Crippen LogP contribution in [0.15, 0.2) is 60.7 Å². The first-order valence-electron chi connectivity index (χ1n) is 13.1. The Kier molecular flexibility index (Phi) is 9.92. The lowest BCUT2D eigenvalue weighted by Crippen LogP contribution is -2.24. The van der Waals surface area contributed by atoms with Gasteiger partial charge in [0.25, 0.3) is 0 Å². The third kappa shape index (κ3) is 6.93. The van der Waals surface area contributed by atoms with Crippen LogP contribution in [0.25, 0.3) is 11.1 Å². The highest BCUT2D eigenvalue weighted by atomic mass is 19.1. The minimum Gasteiger partial charge on any atom is -0.497 e. The highest BCUT2D eigenvalue weighted by Gasteiger charge is 2.32. The van der Waals surface area contributed by atoms with Crippen molar-refractivity contribution in [1.29, 1.82) is 0 Å². The largest absolute Gasteiger partial charge is 0.497 e. The molecule has 0 fully saturated rings. The minimum atomic E-state index is -0.814. The monoisotopic (exact) mass is 522 g/mol. The highest BCUT2D eigenvalue weighted by Crippen LogP contribution is 2.44. The third-order valence-corrected chi connectivity index (χ3v) is 7.37. The lowest BCUT2D eigenvalue weighted by atomic mass is 9.77. The van der Waals surface area contributed by atoms with E-state index >= 15 is 4.39 Å². The molecule has 0 amide bonds. The fraction of sp³-hybridized carbons (Fsp3) is 0.406. The Morgan fingerprint density at radius 2 is 1.74 bits per heavy atom. The first-order chi connectivity index (χ1) is 18.1. The first-order valence-corrected chi connectivity index (χ1v) is 13.1. The molecule has 38 heavy (non-hydrogen) atoms. The van der Waals surface area contributed by atoms with Gasteiger partial charge in [-0.25, -0.2) is 4.39 Å². The van der Waals surface area contributed by atoms with Gasteiger partial charge in [-0.05, 0) is 82.8 Å². The van der Waals surface area contributed by atoms with E-state index in [0.717, 1.165) is 35.1 Å². The number of methoxy groups -OCH3 is 2. The lowest BCUT2D eigenvalue weighted by molar-refractivity contribution is -0.137. The second-order valence-electron chi connectivity index (χ2n) is 10.3. The molecule has 0 spiro atoms. The van der Waals surface area contributed by atoms with Crippen LogP contribution < -0.4 is 9.47 Å². The van der Waals surface area contributed by atoms with Crippen LogP contribution in [0.4, 0.5) is 4.39 Å². The number of ether oxygens (including phenoxy) is 3. The maximum absolute atomic E-state index is 15.0. The second-order valence-corrected chi connectivity index (χ2v) is 10.3. The normalized spacial score (nSPS) is 13.1. The van der Waals surface area contributed by atoms with Gasteiger partial charge >= 0.3 is 5.97 Å². The summed E-state index contributed by atoms with van der Waals surface area (Å²) in [6.07, 6.45) is 1.40. The molecule has 0 unspecified atom stereocenters. The summed E-state index contributed by atoms with van der Waals surface area (Å²) in [7, 11) is 3.25. The Balaban J connectivity index is 1.98. The molecule has 3 aromatic rings. The molecule has 1 N–H and O–H groups in total. The molecule has 0 radical (unpaired) electrons. The number of carboxylic acids is 1. The first kappa shape index (κ1) is 29.2. The zero-order valence-corrected chi connectivity index (χ0v) is 23.2. The standard InChI is InChI=1S/C32H39FO5/c1-7-22(18-30(34)35)23-10-9-11-25(17-23)38-20-21-12-14-26(27-19-24(36-5)13-15-29(27)33)28(16-21)31(37-6)32(3,4)8-2/h9-17,19,22,31H,7-8,18,20H2,1-6H3,(H,34,35)/t22-,31-/m1/s1. The molecule has 204 valence electrons. The van der Waals surface area contributed by atoms with Crippen molar-refractivity contribution in [1.82, 2.24) is 0 Å². The van der Waals surface area contributed by atoms with Crippen molar-refractivity contribution < 1.29 is 28.5 Å². The van der Waals surface area contributed by atoms with Gasteiger partial charge in [0.15, 0.2) is 0 Å². The number of hydrogen-bond donors (Lipinski definition) is 1. The van der Waals surface area contributed by atoms with E-state index in [4.69, 9.17) is 14.2 Å². The van der Waals surface area contributed by atoms with Crippen molar-refractivity contribution in [2.45, 2.75) is 65.6 Å². The van der Waals surface area contributed by atoms with Gasteiger partial charge in [-0.3, -0.25) is 4.79 Å². The fourth-order valence-electron chi connectivity index (χ4n) is 4.79. The predicted molar refractivity (Wildman–Crippen MR) is 148 cm³/mol. The zero-order chi connectivity index (χ0) is 27.9. The van der Waals surface area contributed by atoms with Gasteiger partial charge in [0, 0.05) is 12.7 Å². The Morgan fingerprint density at radius 1 is 0.974 bits per heavy atom. The van der Waals surface area contributed by atoms with Crippen LogP contribution in [-0.4, -0.2) is 25.3 Å². The number of carbonyl (C=O) groups is 1. The maximum Gasteiger partial charge on any atom is 0.303 e. The number of hydrogen-bond acceptors (Lipinski definition) is 4. The lowest BCUT2D eigenvalue weighted by Gasteiger charge is -2.34. The summed E-state index contributed by atoms with van der Waals surface area (Å²) in [6.45, 7) is 8.69. The highest BCUT2D eigenvalue weighted by molar-refractivity contribution is 5.71. The van der Waals surface area contributed by atoms with Crippen molar-refractivity contribution in [2.75, 3.05) is 14.2 Å². The smallest absolute Gasteiger partial charge is 0.303 e. The van der Waals surface area contributed by atoms with Crippen LogP contribution in [0, 0.1) is 11.2 Å². The maximum atomic E-state index is 15.0. The van der Waals surface area contributed by atoms with E-state index in [1.165, 1.54) is 6.07 Å². The zero-order valence-electron chi connectivity index (χ0n) is 23.2. The number of aliphatic carboxylic acids is 1. The van der Waals surface area contributed by atoms with Crippen molar-refractivity contribution in [3.8, 4) is 22.6 Å². The molecule has 0 saturated heterocycles. The van der Waals surface area contributed by atoms with Gasteiger partial charge in [-0.15, -0.1) is 0 Å². The van der Waals surface area contributed by atoms with Crippen molar-refractivity contribution in [3.63, 3.8) is 0 Å². The minimum absolute atomic E-state index is 0.0709. The number of benzene rings is 3. The van der Waals surface area contributed by atoms with Gasteiger partial charge in [0.05, 0.1) is 19.6 Å². The van der Waals surface area contributed by atoms with E-state index in [0.29, 0.717) is 23.7 Å². The van der Waals surface area contributed by atoms with Crippen molar-refractivity contribution >= 4 is 5.97 Å². The predicted octanol–water partition coefficient (Wildman–Crippen LogP) is 8.17. The third-order valence-electron chi connectivity index (χ3n) is 7.37. The summed E-state index contributed by atoms with van der Waals surface area (Å²) in [6, 6.07) is 18.2. The Hall–Kier alpha value is -3.38. The molecule has 0 aliphatic rings. The Labute approximate surface area is 225 Å². The van der Waals surface area contributed by atoms with Gasteiger partial charge in [0.1, 0.15) is 23.9 Å². The van der Waals surface area contributed by atoms with E-state index in [1.54, 1.807) is 26.4 Å². The molecule has 6 heteroatoms. The average Bonchev–Trinajstić information content (AvgIpc) is 2.91. The summed E-state index contributed by atoms with van der Waals surface area (Å²) in [5, 5.41) is 9.24. The topological polar surface area (TPSA) is 65.0 Å². The fourth-order valence-corrected chi connectivity index (χ4v) is 4.79. The molecule has 3 aromatic carbocycles. The molecule has 0 aromatic heterocycles. The molecule has 0 heterocycles. The van der Waals surface area contributed by atoms with E-state index in [1.807, 2.05) is 49.4 Å². The number of carboxylic acid groups (broad SMARTS) is 1. The summed E-state index contributed by atoms with van der Waals surface area (Å²) in [4.78, 5) is 11.3. The van der Waals surface area contributed by atoms with E-state index in [2.05, 4.69) is 20.8 Å².